The van der Waals surface area contributed by atoms with Crippen molar-refractivity contribution in [3.63, 3.8) is 0 Å². The fourth-order valence-electron chi connectivity index (χ4n) is 3.25. The molecule has 0 fully saturated rings. The summed E-state index contributed by atoms with van der Waals surface area (Å²) in [4.78, 5) is 28.0. The van der Waals surface area contributed by atoms with Gasteiger partial charge in [-0.25, -0.2) is 9.78 Å². The molecule has 0 unspecified atom stereocenters. The van der Waals surface area contributed by atoms with Gasteiger partial charge in [-0.3, -0.25) is 4.79 Å². The van der Waals surface area contributed by atoms with Crippen LogP contribution in [0.5, 0.6) is 11.6 Å². The number of fused-ring (bicyclic) bond motifs is 1. The predicted octanol–water partition coefficient (Wildman–Crippen LogP) is 4.88. The summed E-state index contributed by atoms with van der Waals surface area (Å²) < 4.78 is 16.8. The molecule has 0 saturated heterocycles. The van der Waals surface area contributed by atoms with E-state index in [1.54, 1.807) is 39.1 Å². The molecule has 0 atom stereocenters. The number of anilines is 1. The summed E-state index contributed by atoms with van der Waals surface area (Å²) in [6.45, 7) is 10.4. The number of aromatic nitrogens is 1. The SMILES string of the molecule is CC(C)(C)OC(=O)NCCCC(=O)Nc1ccc(Oc2ccc3c(c2)C(C)(C)OC3)nc1. The van der Waals surface area contributed by atoms with Crippen LogP contribution in [-0.4, -0.2) is 29.1 Å². The highest BCUT2D eigenvalue weighted by molar-refractivity contribution is 5.90. The first-order valence-electron chi connectivity index (χ1n) is 10.7. The highest BCUT2D eigenvalue weighted by Crippen LogP contribution is 2.38. The molecule has 172 valence electrons. The van der Waals surface area contributed by atoms with Crippen LogP contribution in [-0.2, 0) is 26.5 Å². The number of carbonyl (C=O) groups excluding carboxylic acids is 2. The summed E-state index contributed by atoms with van der Waals surface area (Å²) in [6, 6.07) is 9.32. The molecule has 1 aromatic carbocycles. The maximum atomic E-state index is 12.1. The molecule has 2 N–H and O–H groups in total. The number of benzene rings is 1. The van der Waals surface area contributed by atoms with Crippen LogP contribution in [0.15, 0.2) is 36.5 Å². The average molecular weight is 442 g/mol. The molecule has 1 aliphatic heterocycles. The number of nitrogens with one attached hydrogen (secondary N) is 2. The van der Waals surface area contributed by atoms with Crippen molar-refractivity contribution in [2.24, 2.45) is 0 Å². The van der Waals surface area contributed by atoms with Gasteiger partial charge in [-0.05, 0) is 70.4 Å². The average Bonchev–Trinajstić information content (AvgIpc) is 3.00. The van der Waals surface area contributed by atoms with Gasteiger partial charge in [-0.15, -0.1) is 0 Å². The van der Waals surface area contributed by atoms with E-state index in [-0.39, 0.29) is 17.9 Å². The van der Waals surface area contributed by atoms with E-state index in [2.05, 4.69) is 15.6 Å². The highest BCUT2D eigenvalue weighted by Gasteiger charge is 2.31. The fourth-order valence-corrected chi connectivity index (χ4v) is 3.25. The minimum atomic E-state index is -0.546. The maximum absolute atomic E-state index is 12.1. The quantitative estimate of drug-likeness (QED) is 0.594. The highest BCUT2D eigenvalue weighted by atomic mass is 16.6. The van der Waals surface area contributed by atoms with Crippen LogP contribution in [0.2, 0.25) is 0 Å². The molecule has 1 aromatic heterocycles. The number of amides is 2. The Morgan fingerprint density at radius 3 is 2.66 bits per heavy atom. The number of carbonyl (C=O) groups is 2. The number of rotatable bonds is 7. The molecule has 3 rings (SSSR count). The van der Waals surface area contributed by atoms with Crippen LogP contribution in [0, 0.1) is 0 Å². The number of alkyl carbamates (subject to hydrolysis) is 1. The van der Waals surface area contributed by atoms with E-state index in [0.29, 0.717) is 36.9 Å². The lowest BCUT2D eigenvalue weighted by molar-refractivity contribution is -0.116. The van der Waals surface area contributed by atoms with Crippen molar-refractivity contribution < 1.29 is 23.8 Å². The third-order valence-electron chi connectivity index (χ3n) is 4.81. The second-order valence-electron chi connectivity index (χ2n) is 9.19. The zero-order chi connectivity index (χ0) is 23.4. The van der Waals surface area contributed by atoms with Gasteiger partial charge in [0.2, 0.25) is 11.8 Å². The molecule has 2 amide bonds. The van der Waals surface area contributed by atoms with E-state index in [4.69, 9.17) is 14.2 Å². The zero-order valence-electron chi connectivity index (χ0n) is 19.3. The number of hydrogen-bond acceptors (Lipinski definition) is 6. The molecule has 2 aromatic rings. The lowest BCUT2D eigenvalue weighted by Gasteiger charge is -2.19. The number of pyridine rings is 1. The first-order chi connectivity index (χ1) is 15.0. The Labute approximate surface area is 188 Å². The van der Waals surface area contributed by atoms with Gasteiger partial charge in [0.1, 0.15) is 11.4 Å². The summed E-state index contributed by atoms with van der Waals surface area (Å²) >= 11 is 0. The molecule has 32 heavy (non-hydrogen) atoms. The van der Waals surface area contributed by atoms with Gasteiger partial charge in [-0.2, -0.15) is 0 Å². The molecule has 8 heteroatoms. The molecular formula is C24H31N3O5. The molecule has 0 saturated carbocycles. The summed E-state index contributed by atoms with van der Waals surface area (Å²) in [5, 5.41) is 5.42. The predicted molar refractivity (Wildman–Crippen MR) is 121 cm³/mol. The first kappa shape index (κ1) is 23.5. The van der Waals surface area contributed by atoms with Crippen LogP contribution in [0.3, 0.4) is 0 Å². The van der Waals surface area contributed by atoms with Crippen LogP contribution >= 0.6 is 0 Å². The molecule has 8 nitrogen and oxygen atoms in total. The molecular weight excluding hydrogens is 410 g/mol. The van der Waals surface area contributed by atoms with E-state index >= 15 is 0 Å². The van der Waals surface area contributed by atoms with Gasteiger partial charge in [0.05, 0.1) is 24.1 Å². The van der Waals surface area contributed by atoms with Crippen molar-refractivity contribution in [2.45, 2.75) is 65.3 Å². The molecule has 0 aliphatic carbocycles. The van der Waals surface area contributed by atoms with Crippen molar-refractivity contribution >= 4 is 17.7 Å². The van der Waals surface area contributed by atoms with E-state index in [1.165, 1.54) is 0 Å². The third kappa shape index (κ3) is 6.68. The topological polar surface area (TPSA) is 98.8 Å². The number of hydrogen-bond donors (Lipinski definition) is 2. The largest absolute Gasteiger partial charge is 0.444 e. The lowest BCUT2D eigenvalue weighted by Crippen LogP contribution is -2.33. The summed E-state index contributed by atoms with van der Waals surface area (Å²) in [6.07, 6.45) is 1.82. The zero-order valence-corrected chi connectivity index (χ0v) is 19.3. The van der Waals surface area contributed by atoms with E-state index in [0.717, 1.165) is 11.1 Å². The monoisotopic (exact) mass is 441 g/mol. The van der Waals surface area contributed by atoms with Crippen molar-refractivity contribution in [2.75, 3.05) is 11.9 Å². The lowest BCUT2D eigenvalue weighted by atomic mass is 9.96. The fraction of sp³-hybridized carbons (Fsp3) is 0.458. The molecule has 0 radical (unpaired) electrons. The van der Waals surface area contributed by atoms with Gasteiger partial charge in [0, 0.05) is 19.0 Å². The smallest absolute Gasteiger partial charge is 0.407 e. The van der Waals surface area contributed by atoms with Crippen LogP contribution < -0.4 is 15.4 Å². The second kappa shape index (κ2) is 9.56. The van der Waals surface area contributed by atoms with Crippen molar-refractivity contribution in [1.29, 1.82) is 0 Å². The second-order valence-corrected chi connectivity index (χ2v) is 9.19. The van der Waals surface area contributed by atoms with Gasteiger partial charge in [-0.1, -0.05) is 6.07 Å². The third-order valence-corrected chi connectivity index (χ3v) is 4.81. The van der Waals surface area contributed by atoms with Gasteiger partial charge in [0.25, 0.3) is 0 Å². The Morgan fingerprint density at radius 2 is 1.97 bits per heavy atom. The van der Waals surface area contributed by atoms with Crippen molar-refractivity contribution in [3.8, 4) is 11.6 Å². The number of ether oxygens (including phenoxy) is 3. The van der Waals surface area contributed by atoms with Gasteiger partial charge in [0.15, 0.2) is 0 Å². The van der Waals surface area contributed by atoms with Gasteiger partial charge < -0.3 is 24.8 Å². The van der Waals surface area contributed by atoms with E-state index in [9.17, 15) is 9.59 Å². The summed E-state index contributed by atoms with van der Waals surface area (Å²) in [5.41, 5.74) is 1.97. The Morgan fingerprint density at radius 1 is 1.19 bits per heavy atom. The Balaban J connectivity index is 1.44. The summed E-state index contributed by atoms with van der Waals surface area (Å²) in [5.74, 6) is 0.956. The molecule has 2 heterocycles. The Hall–Kier alpha value is -3.13. The minimum Gasteiger partial charge on any atom is -0.444 e. The Bertz CT molecular complexity index is 965. The molecule has 0 spiro atoms. The van der Waals surface area contributed by atoms with Crippen LogP contribution in [0.25, 0.3) is 0 Å². The van der Waals surface area contributed by atoms with Crippen LogP contribution in [0.4, 0.5) is 10.5 Å². The van der Waals surface area contributed by atoms with Crippen molar-refractivity contribution in [1.82, 2.24) is 10.3 Å². The van der Waals surface area contributed by atoms with Crippen LogP contribution in [0.1, 0.15) is 58.6 Å². The van der Waals surface area contributed by atoms with E-state index < -0.39 is 11.7 Å². The standard InChI is InChI=1S/C24H31N3O5/c1-23(2,3)32-22(29)25-12-6-7-20(28)27-17-9-11-21(26-14-17)31-18-10-8-16-15-30-24(4,5)19(16)13-18/h8-11,13-14H,6-7,12,15H2,1-5H3,(H,25,29)(H,27,28). The van der Waals surface area contributed by atoms with E-state index in [1.807, 2.05) is 32.0 Å². The number of nitrogens with zero attached hydrogens (tertiary/aromatic N) is 1. The maximum Gasteiger partial charge on any atom is 0.407 e. The summed E-state index contributed by atoms with van der Waals surface area (Å²) in [7, 11) is 0. The molecule has 0 bridgehead atoms. The van der Waals surface area contributed by atoms with Gasteiger partial charge >= 0.3 is 6.09 Å². The van der Waals surface area contributed by atoms with Crippen molar-refractivity contribution in [3.05, 3.63) is 47.7 Å². The molecule has 1 aliphatic rings. The first-order valence-corrected chi connectivity index (χ1v) is 10.7. The minimum absolute atomic E-state index is 0.160. The normalized spacial score (nSPS) is 14.4. The Kier molecular flexibility index (Phi) is 7.03.